The molecule has 8 heteroatoms. The molecule has 2 aliphatic heterocycles. The van der Waals surface area contributed by atoms with Gasteiger partial charge in [-0.25, -0.2) is 21.9 Å². The number of anilines is 1. The van der Waals surface area contributed by atoms with Crippen LogP contribution in [-0.4, -0.2) is 45.5 Å². The van der Waals surface area contributed by atoms with E-state index in [9.17, 15) is 17.2 Å². The van der Waals surface area contributed by atoms with Crippen LogP contribution < -0.4 is 9.62 Å². The molecule has 2 aliphatic rings. The van der Waals surface area contributed by atoms with E-state index in [1.54, 1.807) is 11.8 Å². The first-order valence-corrected chi connectivity index (χ1v) is 9.24. The van der Waals surface area contributed by atoms with Gasteiger partial charge < -0.3 is 9.64 Å². The van der Waals surface area contributed by atoms with Crippen molar-refractivity contribution < 1.29 is 21.9 Å². The van der Waals surface area contributed by atoms with Gasteiger partial charge >= 0.3 is 0 Å². The van der Waals surface area contributed by atoms with Crippen LogP contribution in [0, 0.1) is 11.6 Å². The summed E-state index contributed by atoms with van der Waals surface area (Å²) < 4.78 is 59.7. The molecule has 0 aromatic heterocycles. The molecule has 3 rings (SSSR count). The van der Waals surface area contributed by atoms with Crippen molar-refractivity contribution >= 4 is 15.7 Å². The number of halogens is 2. The number of benzene rings is 1. The molecule has 2 heterocycles. The molecule has 1 N–H and O–H groups in total. The summed E-state index contributed by atoms with van der Waals surface area (Å²) in [6.07, 6.45) is 0.747. The summed E-state index contributed by atoms with van der Waals surface area (Å²) in [6, 6.07) is 3.14. The van der Waals surface area contributed by atoms with E-state index in [1.165, 1.54) is 12.1 Å². The van der Waals surface area contributed by atoms with Gasteiger partial charge in [-0.1, -0.05) is 0 Å². The number of rotatable bonds is 4. The molecule has 128 valence electrons. The Morgan fingerprint density at radius 2 is 2.09 bits per heavy atom. The molecule has 2 saturated heterocycles. The van der Waals surface area contributed by atoms with Crippen molar-refractivity contribution in [3.8, 4) is 0 Å². The summed E-state index contributed by atoms with van der Waals surface area (Å²) in [6.45, 7) is 3.09. The van der Waals surface area contributed by atoms with Crippen molar-refractivity contribution in [2.24, 2.45) is 0 Å². The third-order valence-corrected chi connectivity index (χ3v) is 6.55. The topological polar surface area (TPSA) is 58.6 Å². The Labute approximate surface area is 134 Å². The summed E-state index contributed by atoms with van der Waals surface area (Å²) in [5, 5.41) is -0.542. The number of nitrogens with one attached hydrogen (secondary N) is 1. The van der Waals surface area contributed by atoms with Crippen LogP contribution in [0.15, 0.2) is 18.2 Å². The molecule has 0 spiro atoms. The lowest BCUT2D eigenvalue weighted by molar-refractivity contribution is 0.126. The van der Waals surface area contributed by atoms with Crippen LogP contribution >= 0.6 is 0 Å². The highest BCUT2D eigenvalue weighted by Gasteiger charge is 2.38. The molecule has 0 bridgehead atoms. The minimum atomic E-state index is -3.47. The highest BCUT2D eigenvalue weighted by molar-refractivity contribution is 7.90. The first-order valence-electron chi connectivity index (χ1n) is 7.69. The quantitative estimate of drug-likeness (QED) is 0.900. The zero-order valence-corrected chi connectivity index (χ0v) is 13.7. The number of hydrogen-bond donors (Lipinski definition) is 1. The second-order valence-electron chi connectivity index (χ2n) is 6.09. The maximum absolute atomic E-state index is 13.8. The van der Waals surface area contributed by atoms with Gasteiger partial charge in [-0.3, -0.25) is 0 Å². The van der Waals surface area contributed by atoms with Crippen LogP contribution in [-0.2, 0) is 14.8 Å². The predicted molar refractivity (Wildman–Crippen MR) is 82.9 cm³/mol. The fourth-order valence-corrected chi connectivity index (χ4v) is 5.07. The van der Waals surface area contributed by atoms with Crippen molar-refractivity contribution in [2.75, 3.05) is 24.6 Å². The Morgan fingerprint density at radius 3 is 2.74 bits per heavy atom. The molecule has 0 amide bonds. The van der Waals surface area contributed by atoms with Crippen LogP contribution in [0.4, 0.5) is 14.5 Å². The third-order valence-electron chi connectivity index (χ3n) is 4.47. The van der Waals surface area contributed by atoms with Gasteiger partial charge in [0.25, 0.3) is 0 Å². The molecule has 0 unspecified atom stereocenters. The molecule has 0 radical (unpaired) electrons. The SMILES string of the molecule is C[C@@H]1OCC[C@@H]1S(=O)(=O)N[C@H]1CCN(c2ccc(F)cc2F)C1. The van der Waals surface area contributed by atoms with Crippen LogP contribution in [0.2, 0.25) is 0 Å². The van der Waals surface area contributed by atoms with Gasteiger partial charge in [0.2, 0.25) is 10.0 Å². The Balaban J connectivity index is 1.66. The summed E-state index contributed by atoms with van der Waals surface area (Å²) in [7, 11) is -3.47. The van der Waals surface area contributed by atoms with Crippen LogP contribution in [0.5, 0.6) is 0 Å². The fraction of sp³-hybridized carbons (Fsp3) is 0.600. The van der Waals surface area contributed by atoms with E-state index < -0.39 is 26.9 Å². The van der Waals surface area contributed by atoms with Gasteiger partial charge in [-0.15, -0.1) is 0 Å². The first-order chi connectivity index (χ1) is 10.9. The van der Waals surface area contributed by atoms with E-state index in [0.717, 1.165) is 6.07 Å². The molecule has 23 heavy (non-hydrogen) atoms. The van der Waals surface area contributed by atoms with Gasteiger partial charge in [0.15, 0.2) is 0 Å². The molecule has 0 aliphatic carbocycles. The molecule has 3 atom stereocenters. The molecule has 0 saturated carbocycles. The molecular weight excluding hydrogens is 326 g/mol. The highest BCUT2D eigenvalue weighted by atomic mass is 32.2. The van der Waals surface area contributed by atoms with Gasteiger partial charge in [-0.05, 0) is 31.9 Å². The summed E-state index contributed by atoms with van der Waals surface area (Å²) in [4.78, 5) is 1.73. The lowest BCUT2D eigenvalue weighted by Crippen LogP contribution is -2.44. The van der Waals surface area contributed by atoms with Crippen molar-refractivity contribution in [1.29, 1.82) is 0 Å². The zero-order chi connectivity index (χ0) is 16.6. The fourth-order valence-electron chi connectivity index (χ4n) is 3.25. The maximum Gasteiger partial charge on any atom is 0.217 e. The van der Waals surface area contributed by atoms with Gasteiger partial charge in [0.1, 0.15) is 16.9 Å². The minimum Gasteiger partial charge on any atom is -0.377 e. The summed E-state index contributed by atoms with van der Waals surface area (Å²) in [5.74, 6) is -1.26. The van der Waals surface area contributed by atoms with E-state index in [2.05, 4.69) is 4.72 Å². The number of sulfonamides is 1. The molecular formula is C15H20F2N2O3S. The largest absolute Gasteiger partial charge is 0.377 e. The van der Waals surface area contributed by atoms with Crippen LogP contribution in [0.3, 0.4) is 0 Å². The van der Waals surface area contributed by atoms with E-state index in [-0.39, 0.29) is 12.1 Å². The standard InChI is InChI=1S/C15H20F2N2O3S/c1-10-15(5-7-22-10)23(20,21)18-12-4-6-19(9-12)14-3-2-11(16)8-13(14)17/h2-3,8,10,12,15,18H,4-7,9H2,1H3/t10-,12-,15-/m0/s1. The molecule has 5 nitrogen and oxygen atoms in total. The van der Waals surface area contributed by atoms with E-state index in [0.29, 0.717) is 38.2 Å². The average Bonchev–Trinajstić information content (AvgIpc) is 3.08. The zero-order valence-electron chi connectivity index (χ0n) is 12.8. The van der Waals surface area contributed by atoms with Gasteiger partial charge in [-0.2, -0.15) is 0 Å². The smallest absolute Gasteiger partial charge is 0.217 e. The van der Waals surface area contributed by atoms with Crippen molar-refractivity contribution in [2.45, 2.75) is 37.2 Å². The van der Waals surface area contributed by atoms with Crippen molar-refractivity contribution in [1.82, 2.24) is 4.72 Å². The highest BCUT2D eigenvalue weighted by Crippen LogP contribution is 2.26. The lowest BCUT2D eigenvalue weighted by atomic mass is 10.2. The lowest BCUT2D eigenvalue weighted by Gasteiger charge is -2.21. The van der Waals surface area contributed by atoms with Crippen molar-refractivity contribution in [3.63, 3.8) is 0 Å². The number of ether oxygens (including phenoxy) is 1. The van der Waals surface area contributed by atoms with Crippen LogP contribution in [0.1, 0.15) is 19.8 Å². The molecule has 1 aromatic carbocycles. The van der Waals surface area contributed by atoms with E-state index >= 15 is 0 Å². The summed E-state index contributed by atoms with van der Waals surface area (Å²) >= 11 is 0. The Kier molecular flexibility index (Phi) is 4.57. The molecule has 2 fully saturated rings. The van der Waals surface area contributed by atoms with Crippen molar-refractivity contribution in [3.05, 3.63) is 29.8 Å². The Bertz CT molecular complexity index is 683. The predicted octanol–water partition coefficient (Wildman–Crippen LogP) is 1.64. The normalized spacial score (nSPS) is 28.5. The second kappa shape index (κ2) is 6.33. The Hall–Kier alpha value is -1.25. The minimum absolute atomic E-state index is 0.280. The summed E-state index contributed by atoms with van der Waals surface area (Å²) in [5.41, 5.74) is 0.297. The number of nitrogens with zero attached hydrogens (tertiary/aromatic N) is 1. The van der Waals surface area contributed by atoms with Gasteiger partial charge in [0, 0.05) is 31.8 Å². The average molecular weight is 346 g/mol. The second-order valence-corrected chi connectivity index (χ2v) is 8.02. The third kappa shape index (κ3) is 3.49. The monoisotopic (exact) mass is 346 g/mol. The van der Waals surface area contributed by atoms with E-state index in [4.69, 9.17) is 4.74 Å². The maximum atomic E-state index is 13.8. The number of hydrogen-bond acceptors (Lipinski definition) is 4. The molecule has 1 aromatic rings. The van der Waals surface area contributed by atoms with E-state index in [1.807, 2.05) is 0 Å². The van der Waals surface area contributed by atoms with Gasteiger partial charge in [0.05, 0.1) is 11.8 Å². The van der Waals surface area contributed by atoms with Crippen LogP contribution in [0.25, 0.3) is 0 Å². The first kappa shape index (κ1) is 16.6. The Morgan fingerprint density at radius 1 is 1.30 bits per heavy atom.